The fraction of sp³-hybridized carbons (Fsp3) is 0. The van der Waals surface area contributed by atoms with Gasteiger partial charge in [0.1, 0.15) is 0 Å². The van der Waals surface area contributed by atoms with E-state index in [2.05, 4.69) is 63.5 Å². The van der Waals surface area contributed by atoms with Gasteiger partial charge in [-0.25, -0.2) is 4.98 Å². The third-order valence-electron chi connectivity index (χ3n) is 6.26. The highest BCUT2D eigenvalue weighted by molar-refractivity contribution is 7.26. The molecule has 0 atom stereocenters. The van der Waals surface area contributed by atoms with Crippen LogP contribution in [0.4, 0.5) is 0 Å². The molecular weight excluding hydrogens is 472 g/mol. The summed E-state index contributed by atoms with van der Waals surface area (Å²) in [7, 11) is 0. The molecule has 1 N–H and O–H groups in total. The van der Waals surface area contributed by atoms with E-state index >= 15 is 0 Å². The highest BCUT2D eigenvalue weighted by Gasteiger charge is 2.15. The Morgan fingerprint density at radius 3 is 2.34 bits per heavy atom. The van der Waals surface area contributed by atoms with Crippen LogP contribution in [-0.4, -0.2) is 19.9 Å². The van der Waals surface area contributed by atoms with Gasteiger partial charge in [0.25, 0.3) is 0 Å². The molecule has 35 heavy (non-hydrogen) atoms. The number of fused-ring (bicyclic) bond motifs is 5. The number of nitrogens with zero attached hydrogens (tertiary/aromatic N) is 3. The molecule has 0 spiro atoms. The Labute approximate surface area is 209 Å². The van der Waals surface area contributed by atoms with Crippen LogP contribution in [0.2, 0.25) is 5.28 Å². The largest absolute Gasteiger partial charge is 0.361 e. The third-order valence-corrected chi connectivity index (χ3v) is 7.63. The Bertz CT molecular complexity index is 1870. The van der Waals surface area contributed by atoms with Gasteiger partial charge in [-0.3, -0.25) is 0 Å². The number of hydrogen-bond donors (Lipinski definition) is 1. The zero-order valence-electron chi connectivity index (χ0n) is 18.4. The first kappa shape index (κ1) is 20.3. The van der Waals surface area contributed by atoms with Crippen LogP contribution in [0.3, 0.4) is 0 Å². The summed E-state index contributed by atoms with van der Waals surface area (Å²) in [6, 6.07) is 31.2. The summed E-state index contributed by atoms with van der Waals surface area (Å²) in [5.74, 6) is 1.12. The van der Waals surface area contributed by atoms with Crippen molar-refractivity contribution in [1.82, 2.24) is 19.9 Å². The molecule has 0 saturated carbocycles. The number of aromatic amines is 1. The predicted octanol–water partition coefficient (Wildman–Crippen LogP) is 8.38. The molecule has 0 saturated heterocycles. The second-order valence-corrected chi connectivity index (χ2v) is 9.75. The lowest BCUT2D eigenvalue weighted by molar-refractivity contribution is 1.07. The lowest BCUT2D eigenvalue weighted by Gasteiger charge is -2.08. The summed E-state index contributed by atoms with van der Waals surface area (Å²) in [5.41, 5.74) is 5.29. The standard InChI is InChI=1S/C29H17ClN4S/c30-29-33-27(18-6-2-1-3-7-18)32-28(34-29)20-9-4-8-19(16-20)21-10-5-11-22-24-23(35-26(21)22)13-12-17-14-15-31-25(17)24/h1-16,31H. The molecule has 0 radical (unpaired) electrons. The summed E-state index contributed by atoms with van der Waals surface area (Å²) in [4.78, 5) is 16.9. The molecule has 0 aliphatic rings. The number of H-pyrrole nitrogens is 1. The van der Waals surface area contributed by atoms with Crippen LogP contribution < -0.4 is 0 Å². The van der Waals surface area contributed by atoms with Gasteiger partial charge < -0.3 is 4.98 Å². The maximum Gasteiger partial charge on any atom is 0.226 e. The van der Waals surface area contributed by atoms with E-state index in [0.29, 0.717) is 11.6 Å². The Balaban J connectivity index is 1.39. The molecule has 3 heterocycles. The number of aromatic nitrogens is 4. The van der Waals surface area contributed by atoms with Crippen molar-refractivity contribution < 1.29 is 0 Å². The molecule has 0 aliphatic carbocycles. The summed E-state index contributed by atoms with van der Waals surface area (Å²) in [6.45, 7) is 0. The number of rotatable bonds is 3. The zero-order valence-corrected chi connectivity index (χ0v) is 19.9. The van der Waals surface area contributed by atoms with E-state index in [0.717, 1.165) is 16.7 Å². The van der Waals surface area contributed by atoms with Gasteiger partial charge in [0.2, 0.25) is 5.28 Å². The molecule has 4 aromatic carbocycles. The van der Waals surface area contributed by atoms with Crippen LogP contribution in [0.15, 0.2) is 97.2 Å². The fourth-order valence-electron chi connectivity index (χ4n) is 4.66. The van der Waals surface area contributed by atoms with Crippen molar-refractivity contribution in [1.29, 1.82) is 0 Å². The molecule has 0 fully saturated rings. The third kappa shape index (κ3) is 3.40. The minimum Gasteiger partial charge on any atom is -0.361 e. The van der Waals surface area contributed by atoms with E-state index in [9.17, 15) is 0 Å². The summed E-state index contributed by atoms with van der Waals surface area (Å²) < 4.78 is 2.54. The first-order chi connectivity index (χ1) is 17.2. The molecule has 166 valence electrons. The van der Waals surface area contributed by atoms with E-state index in [4.69, 9.17) is 16.6 Å². The smallest absolute Gasteiger partial charge is 0.226 e. The van der Waals surface area contributed by atoms with Crippen molar-refractivity contribution >= 4 is 54.0 Å². The van der Waals surface area contributed by atoms with Crippen molar-refractivity contribution in [3.8, 4) is 33.9 Å². The fourth-order valence-corrected chi connectivity index (χ4v) is 6.07. The van der Waals surface area contributed by atoms with Crippen molar-refractivity contribution in [2.45, 2.75) is 0 Å². The Kier molecular flexibility index (Phi) is 4.65. The lowest BCUT2D eigenvalue weighted by Crippen LogP contribution is -1.97. The van der Waals surface area contributed by atoms with Crippen LogP contribution >= 0.6 is 22.9 Å². The van der Waals surface area contributed by atoms with Gasteiger partial charge in [-0.15, -0.1) is 11.3 Å². The monoisotopic (exact) mass is 488 g/mol. The molecule has 7 rings (SSSR count). The van der Waals surface area contributed by atoms with Crippen LogP contribution in [-0.2, 0) is 0 Å². The van der Waals surface area contributed by atoms with E-state index in [1.807, 2.05) is 60.0 Å². The van der Waals surface area contributed by atoms with Crippen LogP contribution in [0.25, 0.3) is 65.0 Å². The minimum atomic E-state index is 0.181. The number of hydrogen-bond acceptors (Lipinski definition) is 4. The molecule has 4 nitrogen and oxygen atoms in total. The van der Waals surface area contributed by atoms with Crippen LogP contribution in [0.5, 0.6) is 0 Å². The summed E-state index contributed by atoms with van der Waals surface area (Å²) in [5, 5.41) is 3.95. The quantitative estimate of drug-likeness (QED) is 0.272. The first-order valence-electron chi connectivity index (χ1n) is 11.2. The topological polar surface area (TPSA) is 54.5 Å². The number of thiophene rings is 1. The van der Waals surface area contributed by atoms with Crippen molar-refractivity contribution in [2.75, 3.05) is 0 Å². The maximum absolute atomic E-state index is 6.30. The van der Waals surface area contributed by atoms with E-state index < -0.39 is 0 Å². The number of halogens is 1. The summed E-state index contributed by atoms with van der Waals surface area (Å²) >= 11 is 8.13. The van der Waals surface area contributed by atoms with Gasteiger partial charge in [0.15, 0.2) is 11.6 Å². The van der Waals surface area contributed by atoms with E-state index in [1.165, 1.54) is 36.6 Å². The van der Waals surface area contributed by atoms with Crippen molar-refractivity contribution in [3.05, 3.63) is 102 Å². The summed E-state index contributed by atoms with van der Waals surface area (Å²) in [6.07, 6.45) is 2.00. The molecule has 7 aromatic rings. The molecule has 0 unspecified atom stereocenters. The molecule has 0 amide bonds. The van der Waals surface area contributed by atoms with Gasteiger partial charge in [-0.2, -0.15) is 9.97 Å². The van der Waals surface area contributed by atoms with Crippen LogP contribution in [0.1, 0.15) is 0 Å². The van der Waals surface area contributed by atoms with Gasteiger partial charge in [0, 0.05) is 42.9 Å². The SMILES string of the molecule is Clc1nc(-c2ccccc2)nc(-c2cccc(-c3cccc4c3sc3ccc5cc[nH]c5c34)c2)n1. The van der Waals surface area contributed by atoms with Gasteiger partial charge in [0.05, 0.1) is 5.52 Å². The van der Waals surface area contributed by atoms with Gasteiger partial charge in [-0.05, 0) is 40.9 Å². The Hall–Kier alpha value is -4.06. The number of nitrogens with one attached hydrogen (secondary N) is 1. The maximum atomic E-state index is 6.30. The Morgan fingerprint density at radius 1 is 0.686 bits per heavy atom. The molecule has 0 bridgehead atoms. The molecule has 6 heteroatoms. The first-order valence-corrected chi connectivity index (χ1v) is 12.4. The molecular formula is C29H17ClN4S. The second-order valence-electron chi connectivity index (χ2n) is 8.36. The highest BCUT2D eigenvalue weighted by Crippen LogP contribution is 2.42. The molecule has 0 aliphatic heterocycles. The van der Waals surface area contributed by atoms with Crippen molar-refractivity contribution in [3.63, 3.8) is 0 Å². The number of benzene rings is 4. The lowest BCUT2D eigenvalue weighted by atomic mass is 10.00. The highest BCUT2D eigenvalue weighted by atomic mass is 35.5. The van der Waals surface area contributed by atoms with E-state index in [-0.39, 0.29) is 5.28 Å². The second kappa shape index (κ2) is 8.01. The predicted molar refractivity (Wildman–Crippen MR) is 146 cm³/mol. The zero-order chi connectivity index (χ0) is 23.4. The van der Waals surface area contributed by atoms with Gasteiger partial charge in [-0.1, -0.05) is 72.8 Å². The normalized spacial score (nSPS) is 11.6. The Morgan fingerprint density at radius 2 is 1.46 bits per heavy atom. The average Bonchev–Trinajstić information content (AvgIpc) is 3.53. The van der Waals surface area contributed by atoms with Crippen LogP contribution in [0, 0.1) is 0 Å². The van der Waals surface area contributed by atoms with Crippen molar-refractivity contribution in [2.24, 2.45) is 0 Å². The minimum absolute atomic E-state index is 0.181. The van der Waals surface area contributed by atoms with Gasteiger partial charge >= 0.3 is 0 Å². The van der Waals surface area contributed by atoms with E-state index in [1.54, 1.807) is 0 Å². The average molecular weight is 489 g/mol. The molecule has 3 aromatic heterocycles.